The van der Waals surface area contributed by atoms with Crippen LogP contribution in [0.2, 0.25) is 5.02 Å². The lowest BCUT2D eigenvalue weighted by Gasteiger charge is -2.23. The predicted molar refractivity (Wildman–Crippen MR) is 101 cm³/mol. The van der Waals surface area contributed by atoms with Gasteiger partial charge in [0.1, 0.15) is 11.3 Å². The van der Waals surface area contributed by atoms with Crippen molar-refractivity contribution in [2.45, 2.75) is 25.3 Å². The van der Waals surface area contributed by atoms with Crippen LogP contribution in [0, 0.1) is 17.2 Å². The molecule has 1 atom stereocenters. The zero-order chi connectivity index (χ0) is 18.6. The number of nitriles is 1. The highest BCUT2D eigenvalue weighted by atomic mass is 35.5. The fourth-order valence-electron chi connectivity index (χ4n) is 2.74. The zero-order valence-corrected chi connectivity index (χ0v) is 15.2. The van der Waals surface area contributed by atoms with E-state index in [2.05, 4.69) is 16.7 Å². The zero-order valence-electron chi connectivity index (χ0n) is 14.5. The number of benzene rings is 2. The lowest BCUT2D eigenvalue weighted by molar-refractivity contribution is -0.120. The maximum absolute atomic E-state index is 12.3. The quantitative estimate of drug-likeness (QED) is 0.760. The Bertz CT molecular complexity index is 831. The second kappa shape index (κ2) is 7.67. The third-order valence-corrected chi connectivity index (χ3v) is 4.61. The molecule has 0 bridgehead atoms. The molecule has 2 aromatic carbocycles. The van der Waals surface area contributed by atoms with Crippen molar-refractivity contribution >= 4 is 23.2 Å². The van der Waals surface area contributed by atoms with Crippen molar-refractivity contribution in [1.82, 2.24) is 5.32 Å². The number of carbonyl (C=O) groups is 1. The van der Waals surface area contributed by atoms with Crippen LogP contribution in [0.15, 0.2) is 48.5 Å². The largest absolute Gasteiger partial charge is 0.455 e. The predicted octanol–water partition coefficient (Wildman–Crippen LogP) is 4.35. The molecule has 0 heterocycles. The van der Waals surface area contributed by atoms with E-state index >= 15 is 0 Å². The van der Waals surface area contributed by atoms with E-state index in [1.54, 1.807) is 25.1 Å². The molecule has 26 heavy (non-hydrogen) atoms. The molecular weight excluding hydrogens is 350 g/mol. The number of halogens is 1. The standard InChI is InChI=1S/C20H20ClN3O2/c1-20(13-22,14-7-8-14)24-19(25)12-23-17-11-15(21)9-10-18(17)26-16-5-3-2-4-6-16/h2-6,9-11,14,23H,7-8,12H2,1H3,(H,24,25)/t20-/m1/s1. The number of para-hydroxylation sites is 1. The molecule has 0 spiro atoms. The Labute approximate surface area is 157 Å². The van der Waals surface area contributed by atoms with Crippen LogP contribution in [0.1, 0.15) is 19.8 Å². The van der Waals surface area contributed by atoms with Crippen LogP contribution in [0.25, 0.3) is 0 Å². The first-order valence-corrected chi connectivity index (χ1v) is 8.86. The lowest BCUT2D eigenvalue weighted by atomic mass is 9.98. The van der Waals surface area contributed by atoms with Gasteiger partial charge in [0.25, 0.3) is 0 Å². The Morgan fingerprint density at radius 2 is 2.04 bits per heavy atom. The van der Waals surface area contributed by atoms with Crippen molar-refractivity contribution in [2.75, 3.05) is 11.9 Å². The Hall–Kier alpha value is -2.71. The topological polar surface area (TPSA) is 74.2 Å². The summed E-state index contributed by atoms with van der Waals surface area (Å²) in [7, 11) is 0. The van der Waals surface area contributed by atoms with Gasteiger partial charge in [-0.2, -0.15) is 5.26 Å². The molecule has 1 aliphatic carbocycles. The molecule has 2 N–H and O–H groups in total. The molecule has 0 unspecified atom stereocenters. The molecule has 1 saturated carbocycles. The van der Waals surface area contributed by atoms with E-state index in [1.165, 1.54) is 0 Å². The average Bonchev–Trinajstić information content (AvgIpc) is 3.48. The number of nitrogens with one attached hydrogen (secondary N) is 2. The van der Waals surface area contributed by atoms with Crippen molar-refractivity contribution < 1.29 is 9.53 Å². The number of anilines is 1. The summed E-state index contributed by atoms with van der Waals surface area (Å²) in [4.78, 5) is 12.3. The molecule has 134 valence electrons. The number of hydrogen-bond acceptors (Lipinski definition) is 4. The first kappa shape index (κ1) is 18.1. The third-order valence-electron chi connectivity index (χ3n) is 4.38. The van der Waals surface area contributed by atoms with Crippen molar-refractivity contribution in [2.24, 2.45) is 5.92 Å². The van der Waals surface area contributed by atoms with E-state index in [0.29, 0.717) is 22.2 Å². The number of rotatable bonds is 7. The molecule has 3 rings (SSSR count). The lowest BCUT2D eigenvalue weighted by Crippen LogP contribution is -2.48. The molecular formula is C20H20ClN3O2. The van der Waals surface area contributed by atoms with Crippen LogP contribution >= 0.6 is 11.6 Å². The number of nitrogens with zero attached hydrogens (tertiary/aromatic N) is 1. The van der Waals surface area contributed by atoms with Gasteiger partial charge in [-0.3, -0.25) is 4.79 Å². The van der Waals surface area contributed by atoms with E-state index in [1.807, 2.05) is 30.3 Å². The van der Waals surface area contributed by atoms with Gasteiger partial charge in [0, 0.05) is 5.02 Å². The minimum Gasteiger partial charge on any atom is -0.455 e. The van der Waals surface area contributed by atoms with Crippen LogP contribution in [0.5, 0.6) is 11.5 Å². The summed E-state index contributed by atoms with van der Waals surface area (Å²) >= 11 is 6.07. The summed E-state index contributed by atoms with van der Waals surface area (Å²) in [6.45, 7) is 1.79. The molecule has 1 aliphatic rings. The van der Waals surface area contributed by atoms with Crippen LogP contribution < -0.4 is 15.4 Å². The van der Waals surface area contributed by atoms with E-state index in [4.69, 9.17) is 16.3 Å². The third kappa shape index (κ3) is 4.47. The monoisotopic (exact) mass is 369 g/mol. The molecule has 1 fully saturated rings. The van der Waals surface area contributed by atoms with Crippen LogP contribution in [-0.2, 0) is 4.79 Å². The molecule has 0 radical (unpaired) electrons. The van der Waals surface area contributed by atoms with Gasteiger partial charge in [0.2, 0.25) is 5.91 Å². The van der Waals surface area contributed by atoms with Crippen LogP contribution in [0.3, 0.4) is 0 Å². The minimum absolute atomic E-state index is 0.0233. The molecule has 5 nitrogen and oxygen atoms in total. The maximum Gasteiger partial charge on any atom is 0.240 e. The highest BCUT2D eigenvalue weighted by Crippen LogP contribution is 2.39. The highest BCUT2D eigenvalue weighted by Gasteiger charge is 2.42. The summed E-state index contributed by atoms with van der Waals surface area (Å²) in [6.07, 6.45) is 1.95. The summed E-state index contributed by atoms with van der Waals surface area (Å²) in [5, 5.41) is 15.8. The summed E-state index contributed by atoms with van der Waals surface area (Å²) in [5.41, 5.74) is -0.196. The van der Waals surface area contributed by atoms with Crippen LogP contribution in [0.4, 0.5) is 5.69 Å². The fraction of sp³-hybridized carbons (Fsp3) is 0.300. The fourth-order valence-corrected chi connectivity index (χ4v) is 2.91. The minimum atomic E-state index is -0.809. The van der Waals surface area contributed by atoms with Gasteiger partial charge in [-0.15, -0.1) is 0 Å². The van der Waals surface area contributed by atoms with Gasteiger partial charge in [-0.1, -0.05) is 29.8 Å². The van der Waals surface area contributed by atoms with E-state index < -0.39 is 5.54 Å². The molecule has 2 aromatic rings. The smallest absolute Gasteiger partial charge is 0.240 e. The Morgan fingerprint density at radius 3 is 2.69 bits per heavy atom. The van der Waals surface area contributed by atoms with Gasteiger partial charge in [-0.05, 0) is 56.0 Å². The van der Waals surface area contributed by atoms with Gasteiger partial charge < -0.3 is 15.4 Å². The van der Waals surface area contributed by atoms with E-state index in [9.17, 15) is 10.1 Å². The number of amides is 1. The van der Waals surface area contributed by atoms with Crippen LogP contribution in [-0.4, -0.2) is 18.0 Å². The summed E-state index contributed by atoms with van der Waals surface area (Å²) in [6, 6.07) is 16.8. The van der Waals surface area contributed by atoms with Gasteiger partial charge >= 0.3 is 0 Å². The van der Waals surface area contributed by atoms with Crippen molar-refractivity contribution in [3.8, 4) is 17.6 Å². The van der Waals surface area contributed by atoms with E-state index in [0.717, 1.165) is 12.8 Å². The average molecular weight is 370 g/mol. The SMILES string of the molecule is C[C@](C#N)(NC(=O)CNc1cc(Cl)ccc1Oc1ccccc1)C1CC1. The Balaban J connectivity index is 1.66. The normalized spacial score (nSPS) is 15.4. The molecule has 0 saturated heterocycles. The molecule has 6 heteroatoms. The second-order valence-electron chi connectivity index (χ2n) is 6.55. The first-order chi connectivity index (χ1) is 12.5. The van der Waals surface area contributed by atoms with Crippen molar-refractivity contribution in [1.29, 1.82) is 5.26 Å². The highest BCUT2D eigenvalue weighted by molar-refractivity contribution is 6.30. The number of carbonyl (C=O) groups excluding carboxylic acids is 1. The molecule has 0 aliphatic heterocycles. The summed E-state index contributed by atoms with van der Waals surface area (Å²) in [5.74, 6) is 1.25. The van der Waals surface area contributed by atoms with Crippen molar-refractivity contribution in [3.63, 3.8) is 0 Å². The number of ether oxygens (including phenoxy) is 1. The maximum atomic E-state index is 12.3. The Morgan fingerprint density at radius 1 is 1.31 bits per heavy atom. The molecule has 1 amide bonds. The van der Waals surface area contributed by atoms with E-state index in [-0.39, 0.29) is 18.4 Å². The number of hydrogen-bond donors (Lipinski definition) is 2. The summed E-state index contributed by atoms with van der Waals surface area (Å²) < 4.78 is 5.86. The molecule has 0 aromatic heterocycles. The Kier molecular flexibility index (Phi) is 5.34. The second-order valence-corrected chi connectivity index (χ2v) is 6.98. The van der Waals surface area contributed by atoms with Crippen molar-refractivity contribution in [3.05, 3.63) is 53.6 Å². The first-order valence-electron chi connectivity index (χ1n) is 8.49. The van der Waals surface area contributed by atoms with Gasteiger partial charge in [-0.25, -0.2) is 0 Å². The van der Waals surface area contributed by atoms with Gasteiger partial charge in [0.05, 0.1) is 18.3 Å². The van der Waals surface area contributed by atoms with Gasteiger partial charge in [0.15, 0.2) is 5.75 Å².